The molecule has 0 aliphatic rings. The summed E-state index contributed by atoms with van der Waals surface area (Å²) in [6.45, 7) is 8.36. The molecule has 0 aliphatic heterocycles. The zero-order valence-corrected chi connectivity index (χ0v) is 13.6. The van der Waals surface area contributed by atoms with Crippen LogP contribution in [0.25, 0.3) is 0 Å². The number of anilines is 1. The molecule has 2 rings (SSSR count). The second-order valence-electron chi connectivity index (χ2n) is 5.08. The molecule has 6 nitrogen and oxygen atoms in total. The maximum Gasteiger partial charge on any atom is 0.251 e. The van der Waals surface area contributed by atoms with Crippen molar-refractivity contribution in [1.82, 2.24) is 19.6 Å². The summed E-state index contributed by atoms with van der Waals surface area (Å²) in [6.07, 6.45) is 5.11. The first-order chi connectivity index (χ1) is 9.36. The number of hydrogen-bond donors (Lipinski definition) is 1. The molecule has 0 atom stereocenters. The molecule has 0 aromatic carbocycles. The van der Waals surface area contributed by atoms with Crippen LogP contribution < -0.4 is 5.32 Å². The van der Waals surface area contributed by atoms with Crippen molar-refractivity contribution in [3.63, 3.8) is 0 Å². The Balaban J connectivity index is 2.20. The Morgan fingerprint density at radius 3 is 2.60 bits per heavy atom. The van der Waals surface area contributed by atoms with Crippen molar-refractivity contribution in [2.75, 3.05) is 5.32 Å². The number of nitrogens with one attached hydrogen (secondary N) is 1. The van der Waals surface area contributed by atoms with Gasteiger partial charge in [0, 0.05) is 12.7 Å². The third-order valence-corrected chi connectivity index (χ3v) is 3.74. The quantitative estimate of drug-likeness (QED) is 0.930. The van der Waals surface area contributed by atoms with E-state index in [2.05, 4.69) is 31.4 Å². The summed E-state index contributed by atoms with van der Waals surface area (Å²) in [5, 5.41) is 11.3. The lowest BCUT2D eigenvalue weighted by Gasteiger charge is -2.24. The first-order valence-corrected chi connectivity index (χ1v) is 7.20. The van der Waals surface area contributed by atoms with Gasteiger partial charge < -0.3 is 5.32 Å². The van der Waals surface area contributed by atoms with Gasteiger partial charge in [0.2, 0.25) is 0 Å². The topological polar surface area (TPSA) is 64.7 Å². The molecular weight excluding hydrogens is 322 g/mol. The van der Waals surface area contributed by atoms with Crippen molar-refractivity contribution in [1.29, 1.82) is 0 Å². The standard InChI is InChI=1S/C13H18BrN5O/c1-5-18-9(2)11(7-15-18)17-12(20)13(3,4)19-8-10(14)6-16-19/h6-8H,5H2,1-4H3,(H,17,20). The molecule has 0 saturated heterocycles. The molecule has 1 amide bonds. The average Bonchev–Trinajstić information content (AvgIpc) is 2.97. The normalized spacial score (nSPS) is 11.7. The van der Waals surface area contributed by atoms with Gasteiger partial charge in [0.25, 0.3) is 5.91 Å². The fourth-order valence-electron chi connectivity index (χ4n) is 1.87. The highest BCUT2D eigenvalue weighted by Gasteiger charge is 2.31. The molecule has 2 aromatic rings. The summed E-state index contributed by atoms with van der Waals surface area (Å²) >= 11 is 3.34. The summed E-state index contributed by atoms with van der Waals surface area (Å²) in [7, 11) is 0. The van der Waals surface area contributed by atoms with E-state index in [1.54, 1.807) is 23.3 Å². The number of amides is 1. The lowest BCUT2D eigenvalue weighted by atomic mass is 10.1. The Bertz CT molecular complexity index is 628. The highest BCUT2D eigenvalue weighted by atomic mass is 79.9. The van der Waals surface area contributed by atoms with Gasteiger partial charge in [0.05, 0.1) is 28.2 Å². The number of nitrogens with zero attached hydrogens (tertiary/aromatic N) is 4. The molecule has 0 fully saturated rings. The minimum Gasteiger partial charge on any atom is -0.321 e. The van der Waals surface area contributed by atoms with Crippen LogP contribution in [0, 0.1) is 6.92 Å². The van der Waals surface area contributed by atoms with Crippen LogP contribution in [0.15, 0.2) is 23.1 Å². The number of carbonyl (C=O) groups excluding carboxylic acids is 1. The molecule has 0 saturated carbocycles. The van der Waals surface area contributed by atoms with E-state index in [1.807, 2.05) is 32.4 Å². The van der Waals surface area contributed by atoms with Gasteiger partial charge in [-0.2, -0.15) is 10.2 Å². The van der Waals surface area contributed by atoms with Gasteiger partial charge in [-0.05, 0) is 43.6 Å². The number of carbonyl (C=O) groups is 1. The number of hydrogen-bond acceptors (Lipinski definition) is 3. The monoisotopic (exact) mass is 339 g/mol. The summed E-state index contributed by atoms with van der Waals surface area (Å²) in [6, 6.07) is 0. The smallest absolute Gasteiger partial charge is 0.251 e. The maximum atomic E-state index is 12.5. The first-order valence-electron chi connectivity index (χ1n) is 6.40. The third kappa shape index (κ3) is 2.63. The van der Waals surface area contributed by atoms with Gasteiger partial charge in [-0.15, -0.1) is 0 Å². The van der Waals surface area contributed by atoms with Crippen LogP contribution in [-0.4, -0.2) is 25.5 Å². The third-order valence-electron chi connectivity index (χ3n) is 3.33. The Morgan fingerprint density at radius 2 is 2.10 bits per heavy atom. The molecule has 0 spiro atoms. The molecule has 7 heteroatoms. The van der Waals surface area contributed by atoms with E-state index in [-0.39, 0.29) is 5.91 Å². The van der Waals surface area contributed by atoms with Gasteiger partial charge in [0.15, 0.2) is 0 Å². The van der Waals surface area contributed by atoms with Crippen LogP contribution in [0.3, 0.4) is 0 Å². The molecule has 0 aliphatic carbocycles. The summed E-state index contributed by atoms with van der Waals surface area (Å²) in [5.41, 5.74) is 0.890. The Kier molecular flexibility index (Phi) is 3.99. The molecule has 0 bridgehead atoms. The maximum absolute atomic E-state index is 12.5. The lowest BCUT2D eigenvalue weighted by molar-refractivity contribution is -0.123. The number of aryl methyl sites for hydroxylation is 1. The number of rotatable bonds is 4. The van der Waals surface area contributed by atoms with Crippen molar-refractivity contribution in [2.24, 2.45) is 0 Å². The predicted octanol–water partition coefficient (Wildman–Crippen LogP) is 2.54. The average molecular weight is 340 g/mol. The van der Waals surface area contributed by atoms with Crippen molar-refractivity contribution in [2.45, 2.75) is 39.8 Å². The largest absolute Gasteiger partial charge is 0.321 e. The Hall–Kier alpha value is -1.63. The van der Waals surface area contributed by atoms with E-state index in [1.165, 1.54) is 0 Å². The van der Waals surface area contributed by atoms with Gasteiger partial charge in [-0.3, -0.25) is 14.2 Å². The summed E-state index contributed by atoms with van der Waals surface area (Å²) in [5.74, 6) is -0.133. The molecule has 0 unspecified atom stereocenters. The van der Waals surface area contributed by atoms with Crippen LogP contribution >= 0.6 is 15.9 Å². The van der Waals surface area contributed by atoms with Crippen LogP contribution in [0.4, 0.5) is 5.69 Å². The second kappa shape index (κ2) is 5.40. The fraction of sp³-hybridized carbons (Fsp3) is 0.462. The highest BCUT2D eigenvalue weighted by Crippen LogP contribution is 2.21. The van der Waals surface area contributed by atoms with E-state index < -0.39 is 5.54 Å². The molecule has 2 heterocycles. The molecular formula is C13H18BrN5O. The lowest BCUT2D eigenvalue weighted by Crippen LogP contribution is -2.40. The van der Waals surface area contributed by atoms with Crippen LogP contribution in [0.5, 0.6) is 0 Å². The SMILES string of the molecule is CCn1ncc(NC(=O)C(C)(C)n2cc(Br)cn2)c1C. The van der Waals surface area contributed by atoms with E-state index in [0.29, 0.717) is 0 Å². The fourth-order valence-corrected chi connectivity index (χ4v) is 2.16. The van der Waals surface area contributed by atoms with Crippen molar-refractivity contribution < 1.29 is 4.79 Å². The first kappa shape index (κ1) is 14.8. The Labute approximate surface area is 126 Å². The Morgan fingerprint density at radius 1 is 1.40 bits per heavy atom. The van der Waals surface area contributed by atoms with E-state index in [9.17, 15) is 4.79 Å². The second-order valence-corrected chi connectivity index (χ2v) is 5.99. The van der Waals surface area contributed by atoms with Crippen molar-refractivity contribution >= 4 is 27.5 Å². The van der Waals surface area contributed by atoms with Gasteiger partial charge in [-0.25, -0.2) is 0 Å². The molecule has 1 N–H and O–H groups in total. The van der Waals surface area contributed by atoms with E-state index in [0.717, 1.165) is 22.4 Å². The highest BCUT2D eigenvalue weighted by molar-refractivity contribution is 9.10. The van der Waals surface area contributed by atoms with E-state index in [4.69, 9.17) is 0 Å². The van der Waals surface area contributed by atoms with Crippen molar-refractivity contribution in [3.8, 4) is 0 Å². The van der Waals surface area contributed by atoms with E-state index >= 15 is 0 Å². The molecule has 0 radical (unpaired) electrons. The van der Waals surface area contributed by atoms with Gasteiger partial charge in [-0.1, -0.05) is 0 Å². The minimum atomic E-state index is -0.785. The van der Waals surface area contributed by atoms with Gasteiger partial charge >= 0.3 is 0 Å². The minimum absolute atomic E-state index is 0.133. The zero-order chi connectivity index (χ0) is 14.9. The number of halogens is 1. The van der Waals surface area contributed by atoms with Crippen LogP contribution in [0.1, 0.15) is 26.5 Å². The molecule has 20 heavy (non-hydrogen) atoms. The van der Waals surface area contributed by atoms with Crippen LogP contribution in [0.2, 0.25) is 0 Å². The summed E-state index contributed by atoms with van der Waals surface area (Å²) in [4.78, 5) is 12.5. The van der Waals surface area contributed by atoms with Crippen molar-refractivity contribution in [3.05, 3.63) is 28.8 Å². The summed E-state index contributed by atoms with van der Waals surface area (Å²) < 4.78 is 4.31. The molecule has 2 aromatic heterocycles. The predicted molar refractivity (Wildman–Crippen MR) is 80.5 cm³/mol. The zero-order valence-electron chi connectivity index (χ0n) is 12.0. The van der Waals surface area contributed by atoms with Crippen LogP contribution in [-0.2, 0) is 16.9 Å². The van der Waals surface area contributed by atoms with Gasteiger partial charge in [0.1, 0.15) is 5.54 Å². The number of aromatic nitrogens is 4. The molecule has 108 valence electrons.